The van der Waals surface area contributed by atoms with Crippen LogP contribution in [0.25, 0.3) is 16.6 Å². The zero-order valence-electron chi connectivity index (χ0n) is 14.2. The van der Waals surface area contributed by atoms with Crippen molar-refractivity contribution in [1.29, 1.82) is 0 Å². The van der Waals surface area contributed by atoms with E-state index in [9.17, 15) is 14.0 Å². The fourth-order valence-corrected chi connectivity index (χ4v) is 3.23. The quantitative estimate of drug-likeness (QED) is 0.590. The number of hydrogen-bond acceptors (Lipinski definition) is 3. The standard InChI is InChI=1S/C19H14ClFN4O2/c1-24-17-8-11(3-5-15(17)25-16(19(24)27)6-7-23-25)18(26)22-10-12-2-4-13(21)9-14(12)20/h2-9H,10H2,1H3,(H,22,26). The van der Waals surface area contributed by atoms with Gasteiger partial charge in [0, 0.05) is 24.2 Å². The van der Waals surface area contributed by atoms with E-state index >= 15 is 0 Å². The summed E-state index contributed by atoms with van der Waals surface area (Å²) >= 11 is 5.98. The van der Waals surface area contributed by atoms with Crippen molar-refractivity contribution < 1.29 is 9.18 Å². The second-order valence-electron chi connectivity index (χ2n) is 6.11. The Hall–Kier alpha value is -3.19. The lowest BCUT2D eigenvalue weighted by molar-refractivity contribution is 0.0951. The number of rotatable bonds is 3. The summed E-state index contributed by atoms with van der Waals surface area (Å²) in [6.07, 6.45) is 1.56. The molecule has 0 fully saturated rings. The van der Waals surface area contributed by atoms with Crippen molar-refractivity contribution in [2.24, 2.45) is 7.05 Å². The summed E-state index contributed by atoms with van der Waals surface area (Å²) < 4.78 is 16.2. The summed E-state index contributed by atoms with van der Waals surface area (Å²) in [5.74, 6) is -0.763. The van der Waals surface area contributed by atoms with Gasteiger partial charge in [-0.25, -0.2) is 8.91 Å². The smallest absolute Gasteiger partial charge is 0.276 e. The van der Waals surface area contributed by atoms with Crippen molar-refractivity contribution in [3.63, 3.8) is 0 Å². The Bertz CT molecular complexity index is 1260. The largest absolute Gasteiger partial charge is 0.348 e. The Morgan fingerprint density at radius 3 is 2.74 bits per heavy atom. The van der Waals surface area contributed by atoms with Crippen molar-refractivity contribution in [1.82, 2.24) is 19.5 Å². The molecule has 0 aliphatic heterocycles. The molecule has 4 aromatic rings. The van der Waals surface area contributed by atoms with Crippen LogP contribution in [0.4, 0.5) is 4.39 Å². The molecule has 4 rings (SSSR count). The Kier molecular flexibility index (Phi) is 4.16. The molecule has 1 amide bonds. The van der Waals surface area contributed by atoms with E-state index in [4.69, 9.17) is 11.6 Å². The minimum Gasteiger partial charge on any atom is -0.348 e. The SMILES string of the molecule is Cn1c(=O)c2ccnn2c2ccc(C(=O)NCc3ccc(F)cc3Cl)cc21. The van der Waals surface area contributed by atoms with Gasteiger partial charge in [-0.05, 0) is 42.0 Å². The van der Waals surface area contributed by atoms with Gasteiger partial charge >= 0.3 is 0 Å². The lowest BCUT2D eigenvalue weighted by atomic mass is 10.1. The van der Waals surface area contributed by atoms with Crippen LogP contribution in [0.3, 0.4) is 0 Å². The number of carbonyl (C=O) groups excluding carboxylic acids is 1. The molecule has 0 spiro atoms. The summed E-state index contributed by atoms with van der Waals surface area (Å²) in [5.41, 5.74) is 2.57. The minimum absolute atomic E-state index is 0.160. The fraction of sp³-hybridized carbons (Fsp3) is 0.105. The molecule has 136 valence electrons. The van der Waals surface area contributed by atoms with Crippen LogP contribution >= 0.6 is 11.6 Å². The van der Waals surface area contributed by atoms with Gasteiger partial charge in [-0.2, -0.15) is 5.10 Å². The second-order valence-corrected chi connectivity index (χ2v) is 6.52. The van der Waals surface area contributed by atoms with Crippen LogP contribution in [-0.2, 0) is 13.6 Å². The zero-order chi connectivity index (χ0) is 19.1. The maximum atomic E-state index is 13.1. The number of halogens is 2. The van der Waals surface area contributed by atoms with Crippen molar-refractivity contribution in [2.75, 3.05) is 0 Å². The Morgan fingerprint density at radius 2 is 1.96 bits per heavy atom. The van der Waals surface area contributed by atoms with Crippen LogP contribution in [0.1, 0.15) is 15.9 Å². The highest BCUT2D eigenvalue weighted by molar-refractivity contribution is 6.31. The van der Waals surface area contributed by atoms with Gasteiger partial charge in [-0.3, -0.25) is 9.59 Å². The monoisotopic (exact) mass is 384 g/mol. The van der Waals surface area contributed by atoms with Gasteiger partial charge < -0.3 is 9.88 Å². The van der Waals surface area contributed by atoms with Gasteiger partial charge in [-0.1, -0.05) is 17.7 Å². The normalized spacial score (nSPS) is 11.2. The minimum atomic E-state index is -0.435. The first-order valence-electron chi connectivity index (χ1n) is 8.14. The van der Waals surface area contributed by atoms with Crippen molar-refractivity contribution in [3.05, 3.63) is 81.0 Å². The van der Waals surface area contributed by atoms with Crippen LogP contribution in [0.2, 0.25) is 5.02 Å². The van der Waals surface area contributed by atoms with Crippen LogP contribution in [-0.4, -0.2) is 20.1 Å². The Morgan fingerprint density at radius 1 is 1.15 bits per heavy atom. The second kappa shape index (κ2) is 6.51. The average Bonchev–Trinajstić information content (AvgIpc) is 3.15. The zero-order valence-corrected chi connectivity index (χ0v) is 15.0. The molecule has 0 saturated carbocycles. The first-order chi connectivity index (χ1) is 13.0. The molecule has 0 aliphatic carbocycles. The lowest BCUT2D eigenvalue weighted by Crippen LogP contribution is -2.24. The highest BCUT2D eigenvalue weighted by Crippen LogP contribution is 2.18. The Labute approximate surface area is 157 Å². The van der Waals surface area contributed by atoms with E-state index in [2.05, 4.69) is 10.4 Å². The molecule has 0 saturated heterocycles. The van der Waals surface area contributed by atoms with Gasteiger partial charge in [0.25, 0.3) is 11.5 Å². The third-order valence-corrected chi connectivity index (χ3v) is 4.80. The predicted molar refractivity (Wildman–Crippen MR) is 101 cm³/mol. The number of aryl methyl sites for hydroxylation is 1. The number of nitrogens with one attached hydrogen (secondary N) is 1. The van der Waals surface area contributed by atoms with Crippen LogP contribution in [0, 0.1) is 5.82 Å². The number of carbonyl (C=O) groups is 1. The molecule has 0 unspecified atom stereocenters. The molecule has 2 heterocycles. The molecular formula is C19H14ClFN4O2. The third kappa shape index (κ3) is 2.96. The molecule has 27 heavy (non-hydrogen) atoms. The summed E-state index contributed by atoms with van der Waals surface area (Å²) in [6.45, 7) is 0.160. The predicted octanol–water partition coefficient (Wildman–Crippen LogP) is 2.91. The van der Waals surface area contributed by atoms with E-state index in [1.54, 1.807) is 42.0 Å². The van der Waals surface area contributed by atoms with Crippen LogP contribution in [0.15, 0.2) is 53.5 Å². The van der Waals surface area contributed by atoms with E-state index in [0.29, 0.717) is 22.2 Å². The summed E-state index contributed by atoms with van der Waals surface area (Å²) in [6, 6.07) is 10.7. The lowest BCUT2D eigenvalue weighted by Gasteiger charge is -2.10. The maximum absolute atomic E-state index is 13.1. The number of fused-ring (bicyclic) bond motifs is 3. The van der Waals surface area contributed by atoms with E-state index in [1.165, 1.54) is 22.8 Å². The molecule has 6 nitrogen and oxygen atoms in total. The molecule has 0 radical (unpaired) electrons. The highest BCUT2D eigenvalue weighted by atomic mass is 35.5. The molecule has 0 aliphatic rings. The van der Waals surface area contributed by atoms with E-state index in [-0.39, 0.29) is 23.0 Å². The number of benzene rings is 2. The van der Waals surface area contributed by atoms with Crippen LogP contribution in [0.5, 0.6) is 0 Å². The number of nitrogens with zero attached hydrogens (tertiary/aromatic N) is 3. The molecule has 8 heteroatoms. The molecular weight excluding hydrogens is 371 g/mol. The van der Waals surface area contributed by atoms with Gasteiger partial charge in [0.1, 0.15) is 11.3 Å². The van der Waals surface area contributed by atoms with Gasteiger partial charge in [-0.15, -0.1) is 0 Å². The molecule has 2 aromatic heterocycles. The topological polar surface area (TPSA) is 68.4 Å². The van der Waals surface area contributed by atoms with Gasteiger partial charge in [0.15, 0.2) is 0 Å². The average molecular weight is 385 g/mol. The third-order valence-electron chi connectivity index (χ3n) is 4.45. The van der Waals surface area contributed by atoms with Crippen molar-refractivity contribution in [3.8, 4) is 0 Å². The first kappa shape index (κ1) is 17.2. The van der Waals surface area contributed by atoms with E-state index in [0.717, 1.165) is 5.52 Å². The molecule has 0 bridgehead atoms. The molecule has 0 atom stereocenters. The van der Waals surface area contributed by atoms with E-state index in [1.807, 2.05) is 0 Å². The maximum Gasteiger partial charge on any atom is 0.276 e. The number of hydrogen-bond donors (Lipinski definition) is 1. The summed E-state index contributed by atoms with van der Waals surface area (Å²) in [7, 11) is 1.65. The molecule has 1 N–H and O–H groups in total. The summed E-state index contributed by atoms with van der Waals surface area (Å²) in [5, 5.41) is 7.17. The van der Waals surface area contributed by atoms with E-state index < -0.39 is 5.82 Å². The first-order valence-corrected chi connectivity index (χ1v) is 8.52. The molecule has 2 aromatic carbocycles. The number of amides is 1. The van der Waals surface area contributed by atoms with Crippen molar-refractivity contribution in [2.45, 2.75) is 6.54 Å². The Balaban J connectivity index is 1.67. The summed E-state index contributed by atoms with van der Waals surface area (Å²) in [4.78, 5) is 24.9. The number of aromatic nitrogens is 3. The van der Waals surface area contributed by atoms with Crippen LogP contribution < -0.4 is 10.9 Å². The van der Waals surface area contributed by atoms with Crippen molar-refractivity contribution >= 4 is 34.1 Å². The fourth-order valence-electron chi connectivity index (χ4n) is 2.99. The van der Waals surface area contributed by atoms with Gasteiger partial charge in [0.2, 0.25) is 0 Å². The highest BCUT2D eigenvalue weighted by Gasteiger charge is 2.13. The van der Waals surface area contributed by atoms with Gasteiger partial charge in [0.05, 0.1) is 17.2 Å².